The van der Waals surface area contributed by atoms with Gasteiger partial charge in [0.15, 0.2) is 0 Å². The third-order valence-electron chi connectivity index (χ3n) is 7.50. The molecule has 0 saturated carbocycles. The molecular formula is C35H43N3OS. The maximum atomic E-state index is 12.7. The summed E-state index contributed by atoms with van der Waals surface area (Å²) < 4.78 is 0. The molecule has 0 fully saturated rings. The zero-order valence-electron chi connectivity index (χ0n) is 24.6. The predicted octanol–water partition coefficient (Wildman–Crippen LogP) is 8.19. The Labute approximate surface area is 244 Å². The maximum Gasteiger partial charge on any atom is 0.270 e. The van der Waals surface area contributed by atoms with E-state index in [0.29, 0.717) is 18.2 Å². The van der Waals surface area contributed by atoms with E-state index >= 15 is 0 Å². The van der Waals surface area contributed by atoms with Gasteiger partial charge in [-0.25, -0.2) is 4.98 Å². The van der Waals surface area contributed by atoms with E-state index in [-0.39, 0.29) is 17.4 Å². The van der Waals surface area contributed by atoms with E-state index < -0.39 is 0 Å². The van der Waals surface area contributed by atoms with Crippen LogP contribution < -0.4 is 5.32 Å². The Hall–Kier alpha value is -3.28. The number of nitrogens with one attached hydrogen (secondary N) is 1. The highest BCUT2D eigenvalue weighted by atomic mass is 32.1. The Kier molecular flexibility index (Phi) is 10.3. The van der Waals surface area contributed by atoms with Crippen molar-refractivity contribution in [3.63, 3.8) is 0 Å². The SMILES string of the molecule is CC[C@@H](C)NC(=O)c1csc(CN(CCC(c2ccccc2)c2ccccc2)Cc2ccc(C(C)(C)C)cc2)n1. The number of thiazole rings is 1. The Bertz CT molecular complexity index is 1290. The van der Waals surface area contributed by atoms with Gasteiger partial charge in [0.25, 0.3) is 5.91 Å². The summed E-state index contributed by atoms with van der Waals surface area (Å²) in [6.45, 7) is 13.3. The first-order valence-corrected chi connectivity index (χ1v) is 15.3. The standard InChI is InChI=1S/C35H43N3OS/c1-6-26(2)36-34(39)32-25-40-33(37-32)24-38(23-27-17-19-30(20-18-27)35(3,4)5)22-21-31(28-13-9-7-10-14-28)29-15-11-8-12-16-29/h7-20,25-26,31H,6,21-24H2,1-5H3,(H,36,39)/t26-/m1/s1. The minimum atomic E-state index is -0.0885. The summed E-state index contributed by atoms with van der Waals surface area (Å²) in [5.74, 6) is 0.218. The highest BCUT2D eigenvalue weighted by molar-refractivity contribution is 7.09. The first-order chi connectivity index (χ1) is 19.2. The number of carbonyl (C=O) groups excluding carboxylic acids is 1. The Balaban J connectivity index is 1.55. The lowest BCUT2D eigenvalue weighted by Gasteiger charge is -2.26. The van der Waals surface area contributed by atoms with Crippen molar-refractivity contribution in [2.24, 2.45) is 0 Å². The molecule has 210 valence electrons. The van der Waals surface area contributed by atoms with E-state index in [1.807, 2.05) is 12.3 Å². The van der Waals surface area contributed by atoms with Crippen LogP contribution in [0.15, 0.2) is 90.3 Å². The zero-order chi connectivity index (χ0) is 28.5. The molecule has 0 aliphatic carbocycles. The van der Waals surface area contributed by atoms with Crippen LogP contribution in [-0.4, -0.2) is 28.4 Å². The fraction of sp³-hybridized carbons (Fsp3) is 0.371. The lowest BCUT2D eigenvalue weighted by molar-refractivity contribution is 0.0934. The van der Waals surface area contributed by atoms with Crippen molar-refractivity contribution in [3.8, 4) is 0 Å². The van der Waals surface area contributed by atoms with E-state index in [1.54, 1.807) is 11.3 Å². The second-order valence-corrected chi connectivity index (χ2v) is 12.7. The Morgan fingerprint density at radius 1 is 0.900 bits per heavy atom. The molecule has 0 radical (unpaired) electrons. The summed E-state index contributed by atoms with van der Waals surface area (Å²) in [6.07, 6.45) is 1.88. The quantitative estimate of drug-likeness (QED) is 0.192. The van der Waals surface area contributed by atoms with Gasteiger partial charge < -0.3 is 5.32 Å². The number of nitrogens with zero attached hydrogens (tertiary/aromatic N) is 2. The lowest BCUT2D eigenvalue weighted by atomic mass is 9.86. The van der Waals surface area contributed by atoms with Gasteiger partial charge in [-0.3, -0.25) is 9.69 Å². The van der Waals surface area contributed by atoms with Crippen molar-refractivity contribution in [2.75, 3.05) is 6.54 Å². The number of benzene rings is 3. The molecule has 4 rings (SSSR count). The largest absolute Gasteiger partial charge is 0.348 e. The van der Waals surface area contributed by atoms with Gasteiger partial charge in [-0.2, -0.15) is 0 Å². The van der Waals surface area contributed by atoms with E-state index in [4.69, 9.17) is 4.98 Å². The van der Waals surface area contributed by atoms with Crippen molar-refractivity contribution in [1.82, 2.24) is 15.2 Å². The molecule has 1 heterocycles. The summed E-state index contributed by atoms with van der Waals surface area (Å²) in [5, 5.41) is 5.90. The van der Waals surface area contributed by atoms with Gasteiger partial charge in [-0.05, 0) is 54.0 Å². The van der Waals surface area contributed by atoms with Crippen molar-refractivity contribution in [1.29, 1.82) is 0 Å². The average Bonchev–Trinajstić information content (AvgIpc) is 3.42. The predicted molar refractivity (Wildman–Crippen MR) is 168 cm³/mol. The minimum absolute atomic E-state index is 0.0885. The second-order valence-electron chi connectivity index (χ2n) is 11.7. The molecule has 0 aliphatic heterocycles. The summed E-state index contributed by atoms with van der Waals surface area (Å²) in [6, 6.07) is 30.8. The van der Waals surface area contributed by atoms with Crippen LogP contribution in [0.3, 0.4) is 0 Å². The van der Waals surface area contributed by atoms with Crippen LogP contribution in [-0.2, 0) is 18.5 Å². The van der Waals surface area contributed by atoms with Crippen molar-refractivity contribution in [2.45, 2.75) is 77.9 Å². The molecule has 1 aromatic heterocycles. The third-order valence-corrected chi connectivity index (χ3v) is 8.33. The fourth-order valence-corrected chi connectivity index (χ4v) is 5.68. The van der Waals surface area contributed by atoms with Crippen LogP contribution in [0, 0.1) is 0 Å². The molecule has 3 aromatic carbocycles. The summed E-state index contributed by atoms with van der Waals surface area (Å²) >= 11 is 1.57. The summed E-state index contributed by atoms with van der Waals surface area (Å²) in [7, 11) is 0. The van der Waals surface area contributed by atoms with E-state index in [0.717, 1.165) is 30.9 Å². The van der Waals surface area contributed by atoms with Crippen LogP contribution in [0.5, 0.6) is 0 Å². The molecule has 1 amide bonds. The molecule has 0 aliphatic rings. The van der Waals surface area contributed by atoms with Gasteiger partial charge in [0.05, 0.1) is 6.54 Å². The Morgan fingerprint density at radius 3 is 2.05 bits per heavy atom. The molecule has 0 unspecified atom stereocenters. The van der Waals surface area contributed by atoms with Crippen molar-refractivity contribution in [3.05, 3.63) is 123 Å². The maximum absolute atomic E-state index is 12.7. The molecule has 0 bridgehead atoms. The van der Waals surface area contributed by atoms with E-state index in [9.17, 15) is 4.79 Å². The molecule has 1 N–H and O–H groups in total. The molecule has 0 spiro atoms. The van der Waals surface area contributed by atoms with Gasteiger partial charge in [0.1, 0.15) is 10.7 Å². The monoisotopic (exact) mass is 553 g/mol. The first kappa shape index (κ1) is 29.7. The number of amides is 1. The highest BCUT2D eigenvalue weighted by Crippen LogP contribution is 2.29. The number of carbonyl (C=O) groups is 1. The topological polar surface area (TPSA) is 45.2 Å². The molecule has 40 heavy (non-hydrogen) atoms. The fourth-order valence-electron chi connectivity index (χ4n) is 4.87. The number of aromatic nitrogens is 1. The van der Waals surface area contributed by atoms with Crippen LogP contribution in [0.1, 0.15) is 91.1 Å². The number of hydrogen-bond donors (Lipinski definition) is 1. The number of rotatable bonds is 12. The van der Waals surface area contributed by atoms with Gasteiger partial charge in [-0.15, -0.1) is 11.3 Å². The number of hydrogen-bond acceptors (Lipinski definition) is 4. The van der Waals surface area contributed by atoms with Gasteiger partial charge in [0.2, 0.25) is 0 Å². The van der Waals surface area contributed by atoms with Crippen LogP contribution >= 0.6 is 11.3 Å². The normalized spacial score (nSPS) is 12.6. The highest BCUT2D eigenvalue weighted by Gasteiger charge is 2.19. The molecule has 4 nitrogen and oxygen atoms in total. The molecule has 5 heteroatoms. The van der Waals surface area contributed by atoms with Crippen LogP contribution in [0.25, 0.3) is 0 Å². The first-order valence-electron chi connectivity index (χ1n) is 14.4. The zero-order valence-corrected chi connectivity index (χ0v) is 25.4. The van der Waals surface area contributed by atoms with Gasteiger partial charge in [-0.1, -0.05) is 113 Å². The Morgan fingerprint density at radius 2 is 1.50 bits per heavy atom. The van der Waals surface area contributed by atoms with E-state index in [2.05, 4.69) is 123 Å². The average molecular weight is 554 g/mol. The van der Waals surface area contributed by atoms with Crippen molar-refractivity contribution >= 4 is 17.2 Å². The minimum Gasteiger partial charge on any atom is -0.348 e. The smallest absolute Gasteiger partial charge is 0.270 e. The second kappa shape index (κ2) is 13.9. The molecular weight excluding hydrogens is 510 g/mol. The van der Waals surface area contributed by atoms with Gasteiger partial charge in [0, 0.05) is 23.9 Å². The molecule has 1 atom stereocenters. The third kappa shape index (κ3) is 8.36. The van der Waals surface area contributed by atoms with Gasteiger partial charge >= 0.3 is 0 Å². The van der Waals surface area contributed by atoms with Crippen LogP contribution in [0.4, 0.5) is 0 Å². The molecule has 4 aromatic rings. The summed E-state index contributed by atoms with van der Waals surface area (Å²) in [4.78, 5) is 19.9. The lowest BCUT2D eigenvalue weighted by Crippen LogP contribution is -2.32. The molecule has 0 saturated heterocycles. The van der Waals surface area contributed by atoms with Crippen LogP contribution in [0.2, 0.25) is 0 Å². The summed E-state index contributed by atoms with van der Waals surface area (Å²) in [5.41, 5.74) is 5.94. The van der Waals surface area contributed by atoms with E-state index in [1.165, 1.54) is 22.3 Å². The van der Waals surface area contributed by atoms with Crippen molar-refractivity contribution < 1.29 is 4.79 Å².